The van der Waals surface area contributed by atoms with Gasteiger partial charge in [-0.15, -0.1) is 0 Å². The van der Waals surface area contributed by atoms with Crippen molar-refractivity contribution in [2.75, 3.05) is 19.8 Å². The molecule has 0 heterocycles. The molecule has 0 N–H and O–H groups in total. The quantitative estimate of drug-likeness (QED) is 0.751. The number of para-hydroxylation sites is 1. The molecule has 0 fully saturated rings. The van der Waals surface area contributed by atoms with Crippen LogP contribution in [0, 0.1) is 0 Å². The van der Waals surface area contributed by atoms with Crippen LogP contribution < -0.4 is 4.74 Å². The van der Waals surface area contributed by atoms with E-state index in [-0.39, 0.29) is 13.2 Å². The molecule has 0 aliphatic carbocycles. The summed E-state index contributed by atoms with van der Waals surface area (Å²) >= 11 is 5.76. The van der Waals surface area contributed by atoms with Gasteiger partial charge in [-0.05, 0) is 12.1 Å². The Morgan fingerprint density at radius 1 is 1.12 bits per heavy atom. The number of alkyl halides is 3. The second kappa shape index (κ2) is 5.96. The smallest absolute Gasteiger partial charge is 0.411 e. The van der Waals surface area contributed by atoms with Crippen LogP contribution in [-0.2, 0) is 4.74 Å². The normalized spacial score (nSPS) is 11.5. The zero-order valence-corrected chi connectivity index (χ0v) is 9.02. The van der Waals surface area contributed by atoms with Gasteiger partial charge in [-0.3, -0.25) is 0 Å². The van der Waals surface area contributed by atoms with Crippen LogP contribution >= 0.6 is 11.6 Å². The van der Waals surface area contributed by atoms with E-state index < -0.39 is 12.8 Å². The zero-order chi connectivity index (χ0) is 12.0. The number of hydrogen-bond donors (Lipinski definition) is 0. The first kappa shape index (κ1) is 13.1. The summed E-state index contributed by atoms with van der Waals surface area (Å²) in [4.78, 5) is 0. The number of benzene rings is 1. The molecule has 0 saturated carbocycles. The van der Waals surface area contributed by atoms with Gasteiger partial charge in [0.1, 0.15) is 19.0 Å². The van der Waals surface area contributed by atoms with E-state index in [0.29, 0.717) is 10.8 Å². The predicted octanol–water partition coefficient (Wildman–Crippen LogP) is 3.30. The van der Waals surface area contributed by atoms with Gasteiger partial charge in [0, 0.05) is 0 Å². The molecule has 0 spiro atoms. The van der Waals surface area contributed by atoms with Crippen molar-refractivity contribution in [3.05, 3.63) is 29.3 Å². The molecule has 0 aliphatic rings. The molecule has 6 heteroatoms. The highest BCUT2D eigenvalue weighted by atomic mass is 35.5. The van der Waals surface area contributed by atoms with Crippen molar-refractivity contribution in [2.45, 2.75) is 6.18 Å². The van der Waals surface area contributed by atoms with Crippen molar-refractivity contribution >= 4 is 11.6 Å². The van der Waals surface area contributed by atoms with E-state index in [0.717, 1.165) is 0 Å². The second-order valence-corrected chi connectivity index (χ2v) is 3.35. The first-order valence-electron chi connectivity index (χ1n) is 4.51. The highest BCUT2D eigenvalue weighted by molar-refractivity contribution is 6.32. The molecule has 0 bridgehead atoms. The van der Waals surface area contributed by atoms with Crippen molar-refractivity contribution in [1.29, 1.82) is 0 Å². The van der Waals surface area contributed by atoms with E-state index >= 15 is 0 Å². The predicted molar refractivity (Wildman–Crippen MR) is 53.8 cm³/mol. The van der Waals surface area contributed by atoms with E-state index in [2.05, 4.69) is 4.74 Å². The van der Waals surface area contributed by atoms with Crippen LogP contribution in [0.25, 0.3) is 0 Å². The molecule has 0 aromatic heterocycles. The van der Waals surface area contributed by atoms with Gasteiger partial charge in [-0.2, -0.15) is 13.2 Å². The molecule has 0 aliphatic heterocycles. The monoisotopic (exact) mass is 254 g/mol. The minimum atomic E-state index is -4.30. The summed E-state index contributed by atoms with van der Waals surface area (Å²) in [5.74, 6) is 0.430. The van der Waals surface area contributed by atoms with Gasteiger partial charge in [0.25, 0.3) is 0 Å². The van der Waals surface area contributed by atoms with Crippen LogP contribution in [0.5, 0.6) is 5.75 Å². The van der Waals surface area contributed by atoms with Gasteiger partial charge < -0.3 is 9.47 Å². The first-order valence-corrected chi connectivity index (χ1v) is 4.88. The maximum atomic E-state index is 11.7. The summed E-state index contributed by atoms with van der Waals surface area (Å²) in [5.41, 5.74) is 0. The number of rotatable bonds is 5. The van der Waals surface area contributed by atoms with Gasteiger partial charge in [0.05, 0.1) is 11.6 Å². The van der Waals surface area contributed by atoms with Crippen molar-refractivity contribution in [3.8, 4) is 5.75 Å². The van der Waals surface area contributed by atoms with Crippen LogP contribution in [0.1, 0.15) is 0 Å². The van der Waals surface area contributed by atoms with Crippen molar-refractivity contribution < 1.29 is 22.6 Å². The van der Waals surface area contributed by atoms with Crippen LogP contribution in [0.15, 0.2) is 24.3 Å². The topological polar surface area (TPSA) is 18.5 Å². The molecule has 2 nitrogen and oxygen atoms in total. The Labute approximate surface area is 95.9 Å². The molecule has 0 atom stereocenters. The summed E-state index contributed by atoms with van der Waals surface area (Å²) in [7, 11) is 0. The Morgan fingerprint density at radius 3 is 2.44 bits per heavy atom. The minimum absolute atomic E-state index is 0.0276. The highest BCUT2D eigenvalue weighted by Crippen LogP contribution is 2.22. The molecule has 1 rings (SSSR count). The lowest BCUT2D eigenvalue weighted by Crippen LogP contribution is -2.19. The fourth-order valence-corrected chi connectivity index (χ4v) is 1.15. The fourth-order valence-electron chi connectivity index (χ4n) is 0.960. The molecule has 1 aromatic carbocycles. The summed E-state index contributed by atoms with van der Waals surface area (Å²) in [6, 6.07) is 6.71. The van der Waals surface area contributed by atoms with E-state index in [9.17, 15) is 13.2 Å². The second-order valence-electron chi connectivity index (χ2n) is 2.95. The Balaban J connectivity index is 2.19. The summed E-state index contributed by atoms with van der Waals surface area (Å²) in [5, 5.41) is 0.415. The Kier molecular flexibility index (Phi) is 4.89. The van der Waals surface area contributed by atoms with E-state index in [1.807, 2.05) is 0 Å². The number of hydrogen-bond acceptors (Lipinski definition) is 2. The summed E-state index contributed by atoms with van der Waals surface area (Å²) in [6.07, 6.45) is -4.30. The van der Waals surface area contributed by atoms with Crippen molar-refractivity contribution in [1.82, 2.24) is 0 Å². The fraction of sp³-hybridized carbons (Fsp3) is 0.400. The van der Waals surface area contributed by atoms with Crippen LogP contribution in [-0.4, -0.2) is 26.0 Å². The highest BCUT2D eigenvalue weighted by Gasteiger charge is 2.27. The molecule has 0 saturated heterocycles. The Morgan fingerprint density at radius 2 is 1.81 bits per heavy atom. The Bertz CT molecular complexity index is 328. The molecule has 16 heavy (non-hydrogen) atoms. The minimum Gasteiger partial charge on any atom is -0.490 e. The average Bonchev–Trinajstić information content (AvgIpc) is 2.18. The van der Waals surface area contributed by atoms with E-state index in [4.69, 9.17) is 16.3 Å². The molecule has 1 aromatic rings. The maximum Gasteiger partial charge on any atom is 0.411 e. The van der Waals surface area contributed by atoms with Crippen LogP contribution in [0.4, 0.5) is 13.2 Å². The van der Waals surface area contributed by atoms with Crippen molar-refractivity contribution in [3.63, 3.8) is 0 Å². The lowest BCUT2D eigenvalue weighted by Gasteiger charge is -2.09. The number of halogens is 4. The average molecular weight is 255 g/mol. The molecule has 0 amide bonds. The lowest BCUT2D eigenvalue weighted by atomic mass is 10.3. The molecule has 90 valence electrons. The standard InChI is InChI=1S/C10H10ClF3O2/c11-8-3-1-2-4-9(8)16-6-5-15-7-10(12,13)14/h1-4H,5-7H2. The van der Waals surface area contributed by atoms with E-state index in [1.165, 1.54) is 0 Å². The largest absolute Gasteiger partial charge is 0.490 e. The van der Waals surface area contributed by atoms with Crippen LogP contribution in [0.3, 0.4) is 0 Å². The molecule has 0 unspecified atom stereocenters. The van der Waals surface area contributed by atoms with E-state index in [1.54, 1.807) is 24.3 Å². The van der Waals surface area contributed by atoms with Crippen molar-refractivity contribution in [2.24, 2.45) is 0 Å². The first-order chi connectivity index (χ1) is 7.49. The third-order valence-corrected chi connectivity index (χ3v) is 1.90. The van der Waals surface area contributed by atoms with Crippen LogP contribution in [0.2, 0.25) is 5.02 Å². The molecule has 0 radical (unpaired) electrons. The van der Waals surface area contributed by atoms with Gasteiger partial charge in [-0.25, -0.2) is 0 Å². The number of ether oxygens (including phenoxy) is 2. The lowest BCUT2D eigenvalue weighted by molar-refractivity contribution is -0.175. The summed E-state index contributed by atoms with van der Waals surface area (Å²) < 4.78 is 44.5. The van der Waals surface area contributed by atoms with Gasteiger partial charge >= 0.3 is 6.18 Å². The molecular weight excluding hydrogens is 245 g/mol. The third kappa shape index (κ3) is 5.23. The zero-order valence-electron chi connectivity index (χ0n) is 8.26. The third-order valence-electron chi connectivity index (χ3n) is 1.59. The van der Waals surface area contributed by atoms with Gasteiger partial charge in [0.2, 0.25) is 0 Å². The van der Waals surface area contributed by atoms with Gasteiger partial charge in [0.15, 0.2) is 0 Å². The maximum absolute atomic E-state index is 11.7. The van der Waals surface area contributed by atoms with Gasteiger partial charge in [-0.1, -0.05) is 23.7 Å². The Hall–Kier alpha value is -0.940. The molecular formula is C10H10ClF3O2. The summed E-state index contributed by atoms with van der Waals surface area (Å²) in [6.45, 7) is -1.37. The SMILES string of the molecule is FC(F)(F)COCCOc1ccccc1Cl.